The second kappa shape index (κ2) is 6.96. The number of ether oxygens (including phenoxy) is 2. The maximum Gasteiger partial charge on any atom is 0.128 e. The van der Waals surface area contributed by atoms with E-state index in [1.54, 1.807) is 0 Å². The highest BCUT2D eigenvalue weighted by Gasteiger charge is 2.15. The average molecular weight is 271 g/mol. The molecular weight excluding hydrogens is 250 g/mol. The molecule has 2 aromatic rings. The van der Waals surface area contributed by atoms with Gasteiger partial charge < -0.3 is 15.2 Å². The summed E-state index contributed by atoms with van der Waals surface area (Å²) in [6.45, 7) is 5.16. The zero-order chi connectivity index (χ0) is 14.4. The minimum absolute atomic E-state index is 0.201. The first kappa shape index (κ1) is 14.4. The standard InChI is InChI=1S/C17H21NO2/c1-3-19-14-10-11-15(16(12-14)20-4-2)17(18)13-8-6-5-7-9-13/h5-12,17H,3-4,18H2,1-2H3. The maximum atomic E-state index is 6.35. The molecule has 3 nitrogen and oxygen atoms in total. The molecule has 0 spiro atoms. The van der Waals surface area contributed by atoms with Crippen molar-refractivity contribution < 1.29 is 9.47 Å². The number of rotatable bonds is 6. The van der Waals surface area contributed by atoms with E-state index in [4.69, 9.17) is 15.2 Å². The van der Waals surface area contributed by atoms with E-state index in [2.05, 4.69) is 0 Å². The van der Waals surface area contributed by atoms with Gasteiger partial charge in [-0.05, 0) is 31.5 Å². The van der Waals surface area contributed by atoms with E-state index in [9.17, 15) is 0 Å². The third-order valence-corrected chi connectivity index (χ3v) is 3.09. The van der Waals surface area contributed by atoms with Gasteiger partial charge in [-0.2, -0.15) is 0 Å². The van der Waals surface area contributed by atoms with Gasteiger partial charge in [0, 0.05) is 11.6 Å². The lowest BCUT2D eigenvalue weighted by Gasteiger charge is -2.18. The first-order valence-electron chi connectivity index (χ1n) is 6.96. The van der Waals surface area contributed by atoms with Crippen molar-refractivity contribution in [2.24, 2.45) is 5.73 Å². The SMILES string of the molecule is CCOc1ccc(C(N)c2ccccc2)c(OCC)c1. The molecule has 0 aromatic heterocycles. The molecule has 0 radical (unpaired) electrons. The van der Waals surface area contributed by atoms with Gasteiger partial charge >= 0.3 is 0 Å². The molecule has 1 unspecified atom stereocenters. The molecule has 0 heterocycles. The Labute approximate surface area is 120 Å². The average Bonchev–Trinajstić information content (AvgIpc) is 2.48. The zero-order valence-corrected chi connectivity index (χ0v) is 12.0. The first-order valence-corrected chi connectivity index (χ1v) is 6.96. The molecule has 2 aromatic carbocycles. The minimum Gasteiger partial charge on any atom is -0.494 e. The summed E-state index contributed by atoms with van der Waals surface area (Å²) in [6, 6.07) is 15.6. The van der Waals surface area contributed by atoms with Crippen molar-refractivity contribution in [3.8, 4) is 11.5 Å². The fourth-order valence-corrected chi connectivity index (χ4v) is 2.15. The lowest BCUT2D eigenvalue weighted by molar-refractivity contribution is 0.320. The molecule has 0 amide bonds. The lowest BCUT2D eigenvalue weighted by atomic mass is 9.98. The predicted molar refractivity (Wildman–Crippen MR) is 81.3 cm³/mol. The van der Waals surface area contributed by atoms with Crippen molar-refractivity contribution in [2.75, 3.05) is 13.2 Å². The maximum absolute atomic E-state index is 6.35. The second-order valence-corrected chi connectivity index (χ2v) is 4.45. The third-order valence-electron chi connectivity index (χ3n) is 3.09. The summed E-state index contributed by atoms with van der Waals surface area (Å²) in [6.07, 6.45) is 0. The molecule has 106 valence electrons. The van der Waals surface area contributed by atoms with Crippen LogP contribution in [0.1, 0.15) is 31.0 Å². The van der Waals surface area contributed by atoms with E-state index in [0.29, 0.717) is 13.2 Å². The van der Waals surface area contributed by atoms with Crippen LogP contribution in [-0.2, 0) is 0 Å². The molecule has 0 aliphatic rings. The summed E-state index contributed by atoms with van der Waals surface area (Å²) in [5, 5.41) is 0. The van der Waals surface area contributed by atoms with Crippen molar-refractivity contribution in [3.63, 3.8) is 0 Å². The number of nitrogens with two attached hydrogens (primary N) is 1. The molecule has 0 saturated carbocycles. The van der Waals surface area contributed by atoms with E-state index in [1.165, 1.54) is 0 Å². The monoisotopic (exact) mass is 271 g/mol. The van der Waals surface area contributed by atoms with Crippen molar-refractivity contribution in [2.45, 2.75) is 19.9 Å². The van der Waals surface area contributed by atoms with Crippen molar-refractivity contribution in [1.29, 1.82) is 0 Å². The Hall–Kier alpha value is -2.00. The Morgan fingerprint density at radius 1 is 0.950 bits per heavy atom. The van der Waals surface area contributed by atoms with Gasteiger partial charge in [0.25, 0.3) is 0 Å². The van der Waals surface area contributed by atoms with Crippen LogP contribution in [0.5, 0.6) is 11.5 Å². The van der Waals surface area contributed by atoms with Crippen molar-refractivity contribution >= 4 is 0 Å². The van der Waals surface area contributed by atoms with E-state index < -0.39 is 0 Å². The van der Waals surface area contributed by atoms with Gasteiger partial charge in [0.2, 0.25) is 0 Å². The third kappa shape index (κ3) is 3.31. The molecule has 2 N–H and O–H groups in total. The smallest absolute Gasteiger partial charge is 0.128 e. The molecule has 0 aliphatic heterocycles. The number of hydrogen-bond acceptors (Lipinski definition) is 3. The normalized spacial score (nSPS) is 11.9. The molecule has 0 fully saturated rings. The molecular formula is C17H21NO2. The van der Waals surface area contributed by atoms with Gasteiger partial charge in [0.15, 0.2) is 0 Å². The van der Waals surface area contributed by atoms with Crippen molar-refractivity contribution in [3.05, 3.63) is 59.7 Å². The van der Waals surface area contributed by atoms with E-state index in [1.807, 2.05) is 62.4 Å². The summed E-state index contributed by atoms with van der Waals surface area (Å²) in [5.74, 6) is 1.59. The molecule has 1 atom stereocenters. The van der Waals surface area contributed by atoms with Gasteiger partial charge in [0.1, 0.15) is 11.5 Å². The van der Waals surface area contributed by atoms with Crippen LogP contribution < -0.4 is 15.2 Å². The van der Waals surface area contributed by atoms with Crippen LogP contribution in [0.3, 0.4) is 0 Å². The fourth-order valence-electron chi connectivity index (χ4n) is 2.15. The highest BCUT2D eigenvalue weighted by molar-refractivity contribution is 5.45. The van der Waals surface area contributed by atoms with Crippen LogP contribution in [0.2, 0.25) is 0 Å². The summed E-state index contributed by atoms with van der Waals surface area (Å²) in [4.78, 5) is 0. The second-order valence-electron chi connectivity index (χ2n) is 4.45. The summed E-state index contributed by atoms with van der Waals surface area (Å²) in [7, 11) is 0. The molecule has 2 rings (SSSR count). The van der Waals surface area contributed by atoms with E-state index in [-0.39, 0.29) is 6.04 Å². The highest BCUT2D eigenvalue weighted by Crippen LogP contribution is 2.31. The van der Waals surface area contributed by atoms with E-state index >= 15 is 0 Å². The summed E-state index contributed by atoms with van der Waals surface area (Å²) < 4.78 is 11.2. The predicted octanol–water partition coefficient (Wildman–Crippen LogP) is 3.53. The Morgan fingerprint density at radius 3 is 2.30 bits per heavy atom. The van der Waals surface area contributed by atoms with Crippen LogP contribution in [0.15, 0.2) is 48.5 Å². The fraction of sp³-hybridized carbons (Fsp3) is 0.294. The summed E-state index contributed by atoms with van der Waals surface area (Å²) in [5.41, 5.74) is 8.39. The molecule has 3 heteroatoms. The Kier molecular flexibility index (Phi) is 5.02. The highest BCUT2D eigenvalue weighted by atomic mass is 16.5. The van der Waals surface area contributed by atoms with Gasteiger partial charge in [-0.25, -0.2) is 0 Å². The Bertz CT molecular complexity index is 540. The van der Waals surface area contributed by atoms with Crippen molar-refractivity contribution in [1.82, 2.24) is 0 Å². The molecule has 0 aliphatic carbocycles. The van der Waals surface area contributed by atoms with Gasteiger partial charge in [-0.3, -0.25) is 0 Å². The Morgan fingerprint density at radius 2 is 1.65 bits per heavy atom. The largest absolute Gasteiger partial charge is 0.494 e. The van der Waals surface area contributed by atoms with Gasteiger partial charge in [0.05, 0.1) is 19.3 Å². The van der Waals surface area contributed by atoms with Gasteiger partial charge in [-0.1, -0.05) is 30.3 Å². The Balaban J connectivity index is 2.34. The number of benzene rings is 2. The van der Waals surface area contributed by atoms with Gasteiger partial charge in [-0.15, -0.1) is 0 Å². The zero-order valence-electron chi connectivity index (χ0n) is 12.0. The number of hydrogen-bond donors (Lipinski definition) is 1. The molecule has 0 saturated heterocycles. The topological polar surface area (TPSA) is 44.5 Å². The first-order chi connectivity index (χ1) is 9.76. The van der Waals surface area contributed by atoms with Crippen LogP contribution in [0, 0.1) is 0 Å². The lowest BCUT2D eigenvalue weighted by Crippen LogP contribution is -2.13. The van der Waals surface area contributed by atoms with Crippen LogP contribution >= 0.6 is 0 Å². The quantitative estimate of drug-likeness (QED) is 0.874. The minimum atomic E-state index is -0.201. The molecule has 20 heavy (non-hydrogen) atoms. The molecule has 0 bridgehead atoms. The summed E-state index contributed by atoms with van der Waals surface area (Å²) >= 11 is 0. The van der Waals surface area contributed by atoms with Crippen LogP contribution in [-0.4, -0.2) is 13.2 Å². The van der Waals surface area contributed by atoms with Crippen LogP contribution in [0.25, 0.3) is 0 Å². The van der Waals surface area contributed by atoms with E-state index in [0.717, 1.165) is 22.6 Å². The van der Waals surface area contributed by atoms with Crippen LogP contribution in [0.4, 0.5) is 0 Å².